The van der Waals surface area contributed by atoms with Crippen LogP contribution in [-0.4, -0.2) is 33.6 Å². The van der Waals surface area contributed by atoms with Gasteiger partial charge in [0, 0.05) is 0 Å². The van der Waals surface area contributed by atoms with Crippen molar-refractivity contribution in [1.29, 1.82) is 0 Å². The van der Waals surface area contributed by atoms with Gasteiger partial charge in [-0.05, 0) is 0 Å². The zero-order valence-corrected chi connectivity index (χ0v) is 12.5. The third-order valence-corrected chi connectivity index (χ3v) is 9.27. The van der Waals surface area contributed by atoms with Gasteiger partial charge in [0.05, 0.1) is 0 Å². The fraction of sp³-hybridized carbons (Fsp3) is 0.385. The van der Waals surface area contributed by atoms with E-state index < -0.39 is 18.0 Å². The number of carbonyl (C=O) groups is 1. The van der Waals surface area contributed by atoms with Crippen molar-refractivity contribution in [3.05, 3.63) is 29.3 Å². The van der Waals surface area contributed by atoms with Crippen molar-refractivity contribution in [2.75, 3.05) is 23.6 Å². The molecule has 1 aromatic carbocycles. The molecule has 17 heavy (non-hydrogen) atoms. The monoisotopic (exact) mass is 348 g/mol. The number of hydrogen-bond donors (Lipinski definition) is 0. The minimum atomic E-state index is -1.61. The van der Waals surface area contributed by atoms with Crippen LogP contribution in [0.1, 0.15) is 15.9 Å². The summed E-state index contributed by atoms with van der Waals surface area (Å²) in [5, 5.41) is 0. The van der Waals surface area contributed by atoms with Crippen molar-refractivity contribution in [2.45, 2.75) is 4.43 Å². The van der Waals surface area contributed by atoms with Crippen molar-refractivity contribution < 1.29 is 14.3 Å². The predicted molar refractivity (Wildman–Crippen MR) is 78.9 cm³/mol. The fourth-order valence-electron chi connectivity index (χ4n) is 1.71. The summed E-state index contributed by atoms with van der Waals surface area (Å²) in [6.45, 7) is 0. The van der Waals surface area contributed by atoms with Crippen LogP contribution in [0.4, 0.5) is 0 Å². The molecule has 0 aliphatic carbocycles. The zero-order chi connectivity index (χ0) is 12.5. The van der Waals surface area contributed by atoms with E-state index in [2.05, 4.69) is 8.94 Å². The second-order valence-electron chi connectivity index (χ2n) is 4.17. The summed E-state index contributed by atoms with van der Waals surface area (Å²) < 4.78 is 14.9. The molecule has 1 unspecified atom stereocenters. The van der Waals surface area contributed by atoms with E-state index >= 15 is 0 Å². The van der Waals surface area contributed by atoms with Gasteiger partial charge in [0.2, 0.25) is 0 Å². The normalized spacial score (nSPS) is 25.4. The number of methoxy groups -OCH3 is 2. The molecule has 94 valence electrons. The molecular formula is C13H17IO3. The summed E-state index contributed by atoms with van der Waals surface area (Å²) in [4.78, 5) is 14.1. The Balaban J connectivity index is 2.43. The second kappa shape index (κ2) is 4.76. The van der Waals surface area contributed by atoms with Crippen LogP contribution in [0.3, 0.4) is 0 Å². The molecule has 1 aliphatic heterocycles. The first-order valence-corrected chi connectivity index (χ1v) is 11.8. The maximum atomic E-state index is 11.7. The Hall–Kier alpha value is -0.910. The third-order valence-electron chi connectivity index (χ3n) is 2.88. The molecule has 0 bridgehead atoms. The molecule has 0 aromatic heterocycles. The van der Waals surface area contributed by atoms with Gasteiger partial charge in [-0.25, -0.2) is 0 Å². The van der Waals surface area contributed by atoms with Gasteiger partial charge in [-0.3, -0.25) is 0 Å². The molecule has 4 heteroatoms. The van der Waals surface area contributed by atoms with E-state index in [0.29, 0.717) is 5.56 Å². The van der Waals surface area contributed by atoms with E-state index in [-0.39, 0.29) is 5.97 Å². The number of carbonyl (C=O) groups excluding carboxylic acids is 1. The van der Waals surface area contributed by atoms with Crippen LogP contribution in [0.5, 0.6) is 5.75 Å². The topological polar surface area (TPSA) is 35.5 Å². The number of ether oxygens (including phenoxy) is 2. The Bertz CT molecular complexity index is 505. The molecule has 0 fully saturated rings. The van der Waals surface area contributed by atoms with Gasteiger partial charge in [-0.2, -0.15) is 0 Å². The number of hydrogen-bond acceptors (Lipinski definition) is 3. The first kappa shape index (κ1) is 12.5. The zero-order valence-electron chi connectivity index (χ0n) is 10.3. The van der Waals surface area contributed by atoms with E-state index in [0.717, 1.165) is 15.7 Å². The number of rotatable bonds is 4. The van der Waals surface area contributed by atoms with Gasteiger partial charge in [0.15, 0.2) is 0 Å². The van der Waals surface area contributed by atoms with Gasteiger partial charge in [0.25, 0.3) is 0 Å². The number of benzene rings is 1. The molecule has 1 aliphatic rings. The van der Waals surface area contributed by atoms with E-state index in [1.165, 1.54) is 11.5 Å². The van der Waals surface area contributed by atoms with Crippen LogP contribution in [0.15, 0.2) is 18.2 Å². The van der Waals surface area contributed by atoms with Crippen molar-refractivity contribution in [1.82, 2.24) is 0 Å². The van der Waals surface area contributed by atoms with Crippen LogP contribution in [0, 0.1) is 0 Å². The number of esters is 1. The van der Waals surface area contributed by atoms with Gasteiger partial charge in [-0.15, -0.1) is 0 Å². The molecule has 1 atom stereocenters. The average molecular weight is 348 g/mol. The summed E-state index contributed by atoms with van der Waals surface area (Å²) in [5.41, 5.74) is 1.67. The number of alkyl halides is 3. The van der Waals surface area contributed by atoms with E-state index in [1.54, 1.807) is 7.11 Å². The predicted octanol–water partition coefficient (Wildman–Crippen LogP) is 2.47. The quantitative estimate of drug-likeness (QED) is 0.476. The molecule has 0 saturated carbocycles. The summed E-state index contributed by atoms with van der Waals surface area (Å²) in [5.74, 6) is 0.530. The molecule has 2 rings (SSSR count). The molecule has 0 N–H and O–H groups in total. The SMILES string of the molecule is COC(=O)c1cccc(OC)c1CI1(C)=CC1. The summed E-state index contributed by atoms with van der Waals surface area (Å²) >= 11 is -1.61. The van der Waals surface area contributed by atoms with Crippen molar-refractivity contribution in [3.63, 3.8) is 0 Å². The molecule has 3 nitrogen and oxygen atoms in total. The maximum absolute atomic E-state index is 11.7. The molecule has 0 spiro atoms. The van der Waals surface area contributed by atoms with Crippen molar-refractivity contribution >= 4 is 27.9 Å². The third kappa shape index (κ3) is 2.68. The van der Waals surface area contributed by atoms with Crippen LogP contribution >= 0.6 is 18.0 Å². The van der Waals surface area contributed by atoms with E-state index in [9.17, 15) is 4.79 Å². The second-order valence-corrected chi connectivity index (χ2v) is 13.8. The van der Waals surface area contributed by atoms with E-state index in [4.69, 9.17) is 9.47 Å². The van der Waals surface area contributed by atoms with Gasteiger partial charge in [0.1, 0.15) is 0 Å². The number of halogens is 1. The Morgan fingerprint density at radius 1 is 1.41 bits per heavy atom. The standard InChI is InChI=1S/C13H17IO3/c1-14(7-8-14)9-11-10(13(15)17-3)5-4-6-12(11)16-2/h4-7H,8-9H2,1-3H3. The summed E-state index contributed by atoms with van der Waals surface area (Å²) in [7, 11) is 3.06. The molecular weight excluding hydrogens is 331 g/mol. The first-order valence-electron chi connectivity index (χ1n) is 5.32. The molecule has 1 heterocycles. The van der Waals surface area contributed by atoms with Crippen molar-refractivity contribution in [3.8, 4) is 5.75 Å². The minimum absolute atomic E-state index is 0.274. The van der Waals surface area contributed by atoms with Gasteiger partial charge >= 0.3 is 105 Å². The Morgan fingerprint density at radius 3 is 2.65 bits per heavy atom. The Kier molecular flexibility index (Phi) is 3.51. The van der Waals surface area contributed by atoms with E-state index in [1.807, 2.05) is 18.2 Å². The molecule has 0 radical (unpaired) electrons. The molecule has 1 aromatic rings. The average Bonchev–Trinajstić information content (AvgIpc) is 3.06. The van der Waals surface area contributed by atoms with Crippen LogP contribution in [0.2, 0.25) is 0 Å². The fourth-order valence-corrected chi connectivity index (χ4v) is 9.24. The van der Waals surface area contributed by atoms with Gasteiger partial charge < -0.3 is 0 Å². The van der Waals surface area contributed by atoms with Crippen LogP contribution in [-0.2, 0) is 9.16 Å². The Morgan fingerprint density at radius 2 is 2.12 bits per heavy atom. The Labute approximate surface area is 105 Å². The van der Waals surface area contributed by atoms with Crippen LogP contribution in [0.25, 0.3) is 0 Å². The summed E-state index contributed by atoms with van der Waals surface area (Å²) in [6, 6.07) is 5.56. The molecule has 0 amide bonds. The van der Waals surface area contributed by atoms with Crippen molar-refractivity contribution in [2.24, 2.45) is 0 Å². The van der Waals surface area contributed by atoms with Gasteiger partial charge in [-0.1, -0.05) is 0 Å². The first-order chi connectivity index (χ1) is 8.09. The molecule has 0 saturated heterocycles. The van der Waals surface area contributed by atoms with Crippen LogP contribution < -0.4 is 4.74 Å². The summed E-state index contributed by atoms with van der Waals surface area (Å²) in [6.07, 6.45) is 0.